The van der Waals surface area contributed by atoms with E-state index in [1.807, 2.05) is 0 Å². The normalized spacial score (nSPS) is 7.32. The second-order valence-electron chi connectivity index (χ2n) is 3.10. The second kappa shape index (κ2) is 18.2. The Morgan fingerprint density at radius 3 is 0.864 bits per heavy atom. The molecule has 0 aliphatic carbocycles. The average molecular weight is 362 g/mol. The third kappa shape index (κ3) is 50.7. The summed E-state index contributed by atoms with van der Waals surface area (Å²) in [6.45, 7) is 5.34. The fraction of sp³-hybridized carbons (Fsp3) is 0.500. The molecule has 0 unspecified atom stereocenters. The van der Waals surface area contributed by atoms with Crippen LogP contribution in [0.1, 0.15) is 34.6 Å². The first-order valence-electron chi connectivity index (χ1n) is 5.25. The van der Waals surface area contributed by atoms with E-state index in [9.17, 15) is 14.4 Å². The fourth-order valence-electron chi connectivity index (χ4n) is 0.479. The quantitative estimate of drug-likeness (QED) is 0.468. The standard InChI is InChI=1S/5C2H4O2.Al.Ca/c5*1-2(3)4;;/h5*1H3,(H,3,4);;/q;;;;;+3;+2/p-5. The van der Waals surface area contributed by atoms with Crippen LogP contribution in [0.3, 0.4) is 0 Å². The van der Waals surface area contributed by atoms with Crippen molar-refractivity contribution in [3.05, 3.63) is 0 Å². The second-order valence-corrected chi connectivity index (χ2v) is 4.38. The Kier molecular flexibility index (Phi) is 24.1. The summed E-state index contributed by atoms with van der Waals surface area (Å²) in [5, 5.41) is 17.8. The Bertz CT molecular complexity index is 326. The van der Waals surface area contributed by atoms with Gasteiger partial charge in [0.1, 0.15) is 0 Å². The van der Waals surface area contributed by atoms with Gasteiger partial charge >= 0.3 is 52.9 Å². The van der Waals surface area contributed by atoms with Gasteiger partial charge in [0, 0.05) is 32.7 Å². The third-order valence-corrected chi connectivity index (χ3v) is 2.36. The molecule has 0 radical (unpaired) electrons. The number of carboxylic acids is 2. The van der Waals surface area contributed by atoms with Crippen LogP contribution < -0.4 is 10.2 Å². The zero-order valence-corrected chi connectivity index (χ0v) is 16.2. The van der Waals surface area contributed by atoms with Crippen molar-refractivity contribution in [1.29, 1.82) is 0 Å². The molecule has 0 bridgehead atoms. The van der Waals surface area contributed by atoms with Crippen molar-refractivity contribution >= 4 is 82.7 Å². The molecule has 0 atom stereocenters. The number of hydrogen-bond acceptors (Lipinski definition) is 10. The first-order valence-corrected chi connectivity index (χ1v) is 6.66. The van der Waals surface area contributed by atoms with Gasteiger partial charge in [-0.25, -0.2) is 0 Å². The van der Waals surface area contributed by atoms with Crippen LogP contribution in [-0.2, 0) is 35.3 Å². The summed E-state index contributed by atoms with van der Waals surface area (Å²) in [6.07, 6.45) is 0. The van der Waals surface area contributed by atoms with Gasteiger partial charge in [0.15, 0.2) is 0 Å². The van der Waals surface area contributed by atoms with Gasteiger partial charge in [0.25, 0.3) is 17.9 Å². The Morgan fingerprint density at radius 1 is 0.636 bits per heavy atom. The van der Waals surface area contributed by atoms with Crippen LogP contribution in [0.25, 0.3) is 0 Å². The van der Waals surface area contributed by atoms with E-state index in [4.69, 9.17) is 19.8 Å². The van der Waals surface area contributed by atoms with E-state index < -0.39 is 45.0 Å². The topological polar surface area (TPSA) is 159 Å². The summed E-state index contributed by atoms with van der Waals surface area (Å²) in [5.41, 5.74) is 0. The monoisotopic (exact) mass is 362 g/mol. The molecule has 22 heavy (non-hydrogen) atoms. The van der Waals surface area contributed by atoms with Gasteiger partial charge in [0.2, 0.25) is 0 Å². The van der Waals surface area contributed by atoms with Crippen LogP contribution in [-0.4, -0.2) is 82.7 Å². The molecule has 0 rings (SSSR count). The number of carboxylic acid groups (broad SMARTS) is 2. The Balaban J connectivity index is -0.000000150. The molecular weight excluding hydrogens is 347 g/mol. The number of aliphatic carboxylic acids is 2. The van der Waals surface area contributed by atoms with Gasteiger partial charge in [-0.2, -0.15) is 0 Å². The molecule has 120 valence electrons. The molecule has 0 aromatic carbocycles. The van der Waals surface area contributed by atoms with E-state index in [0.717, 1.165) is 34.6 Å². The maximum absolute atomic E-state index is 10.4. The third-order valence-electron chi connectivity index (χ3n) is 0.787. The molecule has 0 aliphatic rings. The van der Waals surface area contributed by atoms with Crippen molar-refractivity contribution in [2.45, 2.75) is 34.6 Å². The summed E-state index contributed by atoms with van der Waals surface area (Å²) < 4.78 is 13.5. The summed E-state index contributed by atoms with van der Waals surface area (Å²) in [5.74, 6) is -4.13. The summed E-state index contributed by atoms with van der Waals surface area (Å²) in [7, 11) is 0. The SMILES string of the molecule is CC(=O)[O-].CC(=O)[O-].CC(=O)[O][Al]([O]C(C)=O)[O]C(C)=O.[Ca+2]. The number of hydrogen-bond donors (Lipinski definition) is 0. The average Bonchev–Trinajstić information content (AvgIpc) is 2.10. The minimum atomic E-state index is -2.96. The van der Waals surface area contributed by atoms with Gasteiger partial charge < -0.3 is 31.2 Å². The van der Waals surface area contributed by atoms with E-state index in [2.05, 4.69) is 11.4 Å². The summed E-state index contributed by atoms with van der Waals surface area (Å²) in [6, 6.07) is 0. The van der Waals surface area contributed by atoms with Crippen molar-refractivity contribution in [3.8, 4) is 0 Å². The van der Waals surface area contributed by atoms with E-state index in [0.29, 0.717) is 0 Å². The Morgan fingerprint density at radius 2 is 0.773 bits per heavy atom. The minimum Gasteiger partial charge on any atom is -0.551 e. The molecule has 0 aromatic heterocycles. The van der Waals surface area contributed by atoms with Crippen LogP contribution in [0.15, 0.2) is 0 Å². The van der Waals surface area contributed by atoms with Crippen LogP contribution in [0.4, 0.5) is 0 Å². The molecule has 12 heteroatoms. The van der Waals surface area contributed by atoms with E-state index in [1.54, 1.807) is 0 Å². The molecule has 0 aromatic rings. The maximum atomic E-state index is 10.4. The maximum Gasteiger partial charge on any atom is 2.00 e. The van der Waals surface area contributed by atoms with E-state index in [1.165, 1.54) is 0 Å². The van der Waals surface area contributed by atoms with E-state index >= 15 is 0 Å². The molecule has 0 fully saturated rings. The first-order chi connectivity index (χ1) is 9.38. The van der Waals surface area contributed by atoms with Gasteiger partial charge in [-0.3, -0.25) is 14.4 Å². The number of carbonyl (C=O) groups excluding carboxylic acids is 5. The molecule has 0 saturated carbocycles. The molecule has 0 spiro atoms. The number of carbonyl (C=O) groups is 5. The van der Waals surface area contributed by atoms with Crippen LogP contribution in [0.2, 0.25) is 0 Å². The van der Waals surface area contributed by atoms with Gasteiger partial charge in [0.05, 0.1) is 0 Å². The largest absolute Gasteiger partial charge is 2.00 e. The Labute approximate surface area is 162 Å². The van der Waals surface area contributed by atoms with Crippen LogP contribution >= 0.6 is 0 Å². The van der Waals surface area contributed by atoms with Crippen molar-refractivity contribution in [2.24, 2.45) is 0 Å². The summed E-state index contributed by atoms with van der Waals surface area (Å²) in [4.78, 5) is 49.1. The minimum absolute atomic E-state index is 0. The first kappa shape index (κ1) is 29.2. The van der Waals surface area contributed by atoms with Crippen molar-refractivity contribution in [3.63, 3.8) is 0 Å². The zero-order chi connectivity index (χ0) is 17.6. The Hall–Kier alpha value is -0.858. The zero-order valence-electron chi connectivity index (χ0n) is 12.9. The van der Waals surface area contributed by atoms with Gasteiger partial charge in [-0.1, -0.05) is 0 Å². The molecular formula is C10H15AlCaO10. The predicted octanol–water partition coefficient (Wildman–Crippen LogP) is -3.21. The predicted molar refractivity (Wildman–Crippen MR) is 68.2 cm³/mol. The van der Waals surface area contributed by atoms with Crippen LogP contribution in [0, 0.1) is 0 Å². The molecule has 0 aliphatic heterocycles. The smallest absolute Gasteiger partial charge is 0.551 e. The molecule has 0 amide bonds. The summed E-state index contributed by atoms with van der Waals surface area (Å²) >= 11 is -2.96. The molecule has 10 nitrogen and oxygen atoms in total. The van der Waals surface area contributed by atoms with Gasteiger partial charge in [-0.05, 0) is 13.8 Å². The van der Waals surface area contributed by atoms with E-state index in [-0.39, 0.29) is 37.7 Å². The molecule has 0 heterocycles. The molecule has 0 saturated heterocycles. The van der Waals surface area contributed by atoms with Crippen molar-refractivity contribution < 1.29 is 45.6 Å². The van der Waals surface area contributed by atoms with Crippen molar-refractivity contribution in [2.75, 3.05) is 0 Å². The van der Waals surface area contributed by atoms with Crippen molar-refractivity contribution in [1.82, 2.24) is 0 Å². The van der Waals surface area contributed by atoms with Gasteiger partial charge in [-0.15, -0.1) is 0 Å². The molecule has 0 N–H and O–H groups in total. The van der Waals surface area contributed by atoms with Crippen LogP contribution in [0.5, 0.6) is 0 Å². The fourth-order valence-corrected chi connectivity index (χ4v) is 1.44. The number of rotatable bonds is 3.